The summed E-state index contributed by atoms with van der Waals surface area (Å²) in [5, 5.41) is 4.31. The molecule has 0 aromatic heterocycles. The Labute approximate surface area is 155 Å². The van der Waals surface area contributed by atoms with Crippen LogP contribution in [-0.4, -0.2) is 17.9 Å². The van der Waals surface area contributed by atoms with E-state index in [1.807, 2.05) is 0 Å². The fourth-order valence-electron chi connectivity index (χ4n) is 3.01. The van der Waals surface area contributed by atoms with Crippen LogP contribution in [0.1, 0.15) is 0 Å². The van der Waals surface area contributed by atoms with Gasteiger partial charge in [0.05, 0.1) is 0 Å². The van der Waals surface area contributed by atoms with Crippen molar-refractivity contribution >= 4 is 53.4 Å². The zero-order chi connectivity index (χ0) is 17.0. The van der Waals surface area contributed by atoms with Crippen molar-refractivity contribution in [2.24, 2.45) is 0 Å². The summed E-state index contributed by atoms with van der Waals surface area (Å²) in [6.07, 6.45) is 0. The maximum absolute atomic E-state index is 6.00. The van der Waals surface area contributed by atoms with E-state index in [-0.39, 0.29) is 0 Å². The minimum atomic E-state index is -2.17. The molecular formula is C20H21AsS2Si. The molecule has 3 rings (SSSR count). The van der Waals surface area contributed by atoms with Crippen LogP contribution < -0.4 is 15.6 Å². The van der Waals surface area contributed by atoms with Crippen LogP contribution in [0.3, 0.4) is 0 Å². The van der Waals surface area contributed by atoms with E-state index in [4.69, 9.17) is 10.4 Å². The molecule has 0 nitrogen and oxygen atoms in total. The van der Waals surface area contributed by atoms with Gasteiger partial charge in [-0.3, -0.25) is 0 Å². The fraction of sp³-hybridized carbons (Fsp3) is 0.100. The normalized spacial score (nSPS) is 12.1. The van der Waals surface area contributed by atoms with Gasteiger partial charge in [0, 0.05) is 0 Å². The predicted octanol–water partition coefficient (Wildman–Crippen LogP) is 4.29. The summed E-state index contributed by atoms with van der Waals surface area (Å²) in [4.78, 5) is 0. The zero-order valence-corrected chi connectivity index (χ0v) is 18.4. The summed E-state index contributed by atoms with van der Waals surface area (Å²) in [6, 6.07) is 33.0. The monoisotopic (exact) mass is 428 g/mol. The van der Waals surface area contributed by atoms with Gasteiger partial charge in [-0.1, -0.05) is 0 Å². The van der Waals surface area contributed by atoms with Gasteiger partial charge in [-0.25, -0.2) is 0 Å². The molecule has 0 unspecified atom stereocenters. The van der Waals surface area contributed by atoms with Gasteiger partial charge in [-0.05, 0) is 0 Å². The molecule has 0 bridgehead atoms. The third-order valence-corrected chi connectivity index (χ3v) is 29.3. The first-order valence-corrected chi connectivity index (χ1v) is 20.2. The Balaban J connectivity index is 2.35. The van der Waals surface area contributed by atoms with Crippen molar-refractivity contribution in [1.29, 1.82) is 0 Å². The Morgan fingerprint density at radius 2 is 0.917 bits per heavy atom. The van der Waals surface area contributed by atoms with Gasteiger partial charge >= 0.3 is 156 Å². The van der Waals surface area contributed by atoms with Crippen LogP contribution in [-0.2, 0) is 0 Å². The quantitative estimate of drug-likeness (QED) is 0.439. The molecule has 122 valence electrons. The summed E-state index contributed by atoms with van der Waals surface area (Å²) in [7, 11) is 3.82. The van der Waals surface area contributed by atoms with Gasteiger partial charge in [0.25, 0.3) is 0 Å². The van der Waals surface area contributed by atoms with E-state index in [9.17, 15) is 0 Å². The molecule has 0 aliphatic heterocycles. The van der Waals surface area contributed by atoms with Crippen molar-refractivity contribution in [1.82, 2.24) is 0 Å². The Hall–Kier alpha value is -0.995. The Bertz CT molecular complexity index is 733. The van der Waals surface area contributed by atoms with Crippen molar-refractivity contribution in [2.45, 2.75) is 11.4 Å². The molecule has 0 aliphatic rings. The Morgan fingerprint density at radius 1 is 0.625 bits per heavy atom. The van der Waals surface area contributed by atoms with Crippen molar-refractivity contribution in [2.75, 3.05) is 0 Å². The third-order valence-electron chi connectivity index (χ3n) is 3.90. The van der Waals surface area contributed by atoms with Crippen LogP contribution >= 0.6 is 19.9 Å². The molecule has 3 aromatic rings. The first kappa shape index (κ1) is 17.8. The van der Waals surface area contributed by atoms with E-state index in [0.717, 1.165) is 0 Å². The number of benzene rings is 3. The van der Waals surface area contributed by atoms with Crippen LogP contribution in [0.15, 0.2) is 91.0 Å². The van der Waals surface area contributed by atoms with Crippen molar-refractivity contribution in [3.63, 3.8) is 0 Å². The van der Waals surface area contributed by atoms with E-state index in [1.54, 1.807) is 0 Å². The standard InChI is InChI=1S/C20H21AsS2Si/c1-21(2,22)23-24(18-12-6-3-7-13-18,19-14-8-4-9-15-19)20-16-10-5-11-17-20/h3-17H,1-2H3. The molecule has 0 atom stereocenters. The molecule has 0 saturated heterocycles. The SMILES string of the molecule is C[As](C)(=S)S[Si](c1ccccc1)(c1ccccc1)c1ccccc1. The second-order valence-electron chi connectivity index (χ2n) is 6.12. The molecule has 0 N–H and O–H groups in total. The van der Waals surface area contributed by atoms with Crippen LogP contribution in [0, 0.1) is 0 Å². The van der Waals surface area contributed by atoms with Gasteiger partial charge in [0.15, 0.2) is 0 Å². The van der Waals surface area contributed by atoms with Crippen molar-refractivity contribution in [3.8, 4) is 0 Å². The second kappa shape index (κ2) is 7.49. The summed E-state index contributed by atoms with van der Waals surface area (Å²) in [5.41, 5.74) is 4.63. The van der Waals surface area contributed by atoms with Crippen LogP contribution in [0.25, 0.3) is 0 Å². The first-order valence-electron chi connectivity index (χ1n) is 7.95. The van der Waals surface area contributed by atoms with E-state index >= 15 is 0 Å². The fourth-order valence-corrected chi connectivity index (χ4v) is 34.8. The molecule has 0 amide bonds. The van der Waals surface area contributed by atoms with Gasteiger partial charge in [0.2, 0.25) is 0 Å². The molecule has 24 heavy (non-hydrogen) atoms. The third kappa shape index (κ3) is 3.80. The number of hydrogen-bond acceptors (Lipinski definition) is 2. The summed E-state index contributed by atoms with van der Waals surface area (Å²) in [6.45, 7) is 0. The number of rotatable bonds is 5. The van der Waals surface area contributed by atoms with Gasteiger partial charge < -0.3 is 0 Å². The van der Waals surface area contributed by atoms with Crippen LogP contribution in [0.2, 0.25) is 11.4 Å². The summed E-state index contributed by atoms with van der Waals surface area (Å²) in [5.74, 6) is 0. The van der Waals surface area contributed by atoms with Crippen molar-refractivity contribution in [3.05, 3.63) is 91.0 Å². The molecule has 0 saturated carbocycles. The van der Waals surface area contributed by atoms with E-state index in [1.165, 1.54) is 15.6 Å². The Morgan fingerprint density at radius 3 is 1.17 bits per heavy atom. The molecule has 0 heterocycles. The van der Waals surface area contributed by atoms with Gasteiger partial charge in [0.1, 0.15) is 0 Å². The number of hydrogen-bond donors (Lipinski definition) is 0. The molecule has 0 aliphatic carbocycles. The van der Waals surface area contributed by atoms with Gasteiger partial charge in [-0.2, -0.15) is 0 Å². The van der Waals surface area contributed by atoms with E-state index in [0.29, 0.717) is 0 Å². The second-order valence-corrected chi connectivity index (χ2v) is 31.2. The Kier molecular flexibility index (Phi) is 5.56. The maximum atomic E-state index is 6.00. The summed E-state index contributed by atoms with van der Waals surface area (Å²) < 4.78 is 0. The van der Waals surface area contributed by atoms with E-state index in [2.05, 4.69) is 112 Å². The molecular weight excluding hydrogens is 407 g/mol. The van der Waals surface area contributed by atoms with E-state index < -0.39 is 17.9 Å². The molecule has 0 spiro atoms. The van der Waals surface area contributed by atoms with Crippen molar-refractivity contribution < 1.29 is 0 Å². The van der Waals surface area contributed by atoms with Gasteiger partial charge in [-0.15, -0.1) is 0 Å². The minimum absolute atomic E-state index is 1.44. The molecule has 3 aromatic carbocycles. The van der Waals surface area contributed by atoms with Crippen LogP contribution in [0.4, 0.5) is 0 Å². The predicted molar refractivity (Wildman–Crippen MR) is 117 cm³/mol. The zero-order valence-electron chi connectivity index (χ0n) is 13.9. The molecule has 4 heteroatoms. The molecule has 0 fully saturated rings. The topological polar surface area (TPSA) is 0 Å². The first-order chi connectivity index (χ1) is 11.5. The average molecular weight is 429 g/mol. The molecule has 0 radical (unpaired) electrons. The average Bonchev–Trinajstić information content (AvgIpc) is 2.61. The van der Waals surface area contributed by atoms with Crippen LogP contribution in [0.5, 0.6) is 0 Å². The summed E-state index contributed by atoms with van der Waals surface area (Å²) >= 11 is 0.